The zero-order valence-corrected chi connectivity index (χ0v) is 27.1. The van der Waals surface area contributed by atoms with E-state index in [-0.39, 0.29) is 0 Å². The van der Waals surface area contributed by atoms with Crippen LogP contribution in [0.25, 0.3) is 0 Å². The van der Waals surface area contributed by atoms with Crippen LogP contribution in [-0.2, 0) is 4.74 Å². The average molecular weight is 522 g/mol. The summed E-state index contributed by atoms with van der Waals surface area (Å²) in [7, 11) is 3.98. The fourth-order valence-corrected chi connectivity index (χ4v) is 5.35. The highest BCUT2D eigenvalue weighted by atomic mass is 16.5. The standard InChI is InChI=1S/C27H48N2O.C2H7N.2C2H6/c1-8-27(5)18-22(3)13-14-24(19-27)25(20-28(6)9-2)17-26(23(4)21-30-7)29-15-11-10-12-16-29;1-2-3;2*1-2/h17,20,22,24H,4,8-16,18-19,21H2,1-3,5-7H3;2-3H2,1H3;2*1-2H3/b25-20-,26-17+;;;. The Hall–Kier alpha value is -1.26. The van der Waals surface area contributed by atoms with Gasteiger partial charge in [0.1, 0.15) is 0 Å². The second kappa shape index (κ2) is 22.7. The van der Waals surface area contributed by atoms with E-state index in [0.29, 0.717) is 17.9 Å². The van der Waals surface area contributed by atoms with Crippen molar-refractivity contribution in [1.29, 1.82) is 0 Å². The van der Waals surface area contributed by atoms with Gasteiger partial charge < -0.3 is 20.3 Å². The van der Waals surface area contributed by atoms with Gasteiger partial charge in [0.25, 0.3) is 0 Å². The van der Waals surface area contributed by atoms with Crippen molar-refractivity contribution >= 4 is 0 Å². The van der Waals surface area contributed by atoms with Crippen LogP contribution < -0.4 is 5.73 Å². The molecule has 3 unspecified atom stereocenters. The maximum Gasteiger partial charge on any atom is 0.0727 e. The summed E-state index contributed by atoms with van der Waals surface area (Å²) in [6, 6.07) is 0. The molecule has 1 aliphatic heterocycles. The smallest absolute Gasteiger partial charge is 0.0727 e. The molecular formula is C33H67N3O. The van der Waals surface area contributed by atoms with E-state index < -0.39 is 0 Å². The van der Waals surface area contributed by atoms with Gasteiger partial charge in [-0.15, -0.1) is 0 Å². The molecule has 4 nitrogen and oxygen atoms in total. The molecule has 0 spiro atoms. The minimum atomic E-state index is 0.438. The topological polar surface area (TPSA) is 41.7 Å². The van der Waals surface area contributed by atoms with Crippen molar-refractivity contribution in [3.8, 4) is 0 Å². The Balaban J connectivity index is 0. The van der Waals surface area contributed by atoms with Crippen molar-refractivity contribution in [3.05, 3.63) is 35.7 Å². The van der Waals surface area contributed by atoms with Crippen molar-refractivity contribution in [3.63, 3.8) is 0 Å². The van der Waals surface area contributed by atoms with Crippen LogP contribution in [0.3, 0.4) is 0 Å². The average Bonchev–Trinajstić information content (AvgIpc) is 3.07. The number of ether oxygens (including phenoxy) is 1. The lowest BCUT2D eigenvalue weighted by molar-refractivity contribution is 0.216. The van der Waals surface area contributed by atoms with Crippen molar-refractivity contribution in [2.45, 2.75) is 114 Å². The first-order valence-electron chi connectivity index (χ1n) is 15.5. The maximum atomic E-state index is 5.49. The van der Waals surface area contributed by atoms with E-state index in [1.165, 1.54) is 62.6 Å². The van der Waals surface area contributed by atoms with Gasteiger partial charge in [0.2, 0.25) is 0 Å². The summed E-state index contributed by atoms with van der Waals surface area (Å²) in [4.78, 5) is 4.90. The van der Waals surface area contributed by atoms with Gasteiger partial charge in [-0.05, 0) is 86.5 Å². The zero-order chi connectivity index (χ0) is 28.9. The first-order chi connectivity index (χ1) is 17.7. The Morgan fingerprint density at radius 3 is 2.11 bits per heavy atom. The summed E-state index contributed by atoms with van der Waals surface area (Å²) < 4.78 is 5.49. The predicted molar refractivity (Wildman–Crippen MR) is 168 cm³/mol. The fourth-order valence-electron chi connectivity index (χ4n) is 5.35. The summed E-state index contributed by atoms with van der Waals surface area (Å²) in [6.07, 6.45) is 15.3. The quantitative estimate of drug-likeness (QED) is 0.243. The molecule has 2 rings (SSSR count). The number of nitrogens with two attached hydrogens (primary N) is 1. The Labute approximate surface area is 233 Å². The second-order valence-corrected chi connectivity index (χ2v) is 10.7. The molecule has 37 heavy (non-hydrogen) atoms. The van der Waals surface area contributed by atoms with E-state index >= 15 is 0 Å². The molecule has 0 radical (unpaired) electrons. The Morgan fingerprint density at radius 1 is 1.05 bits per heavy atom. The molecule has 220 valence electrons. The highest BCUT2D eigenvalue weighted by molar-refractivity contribution is 5.37. The third-order valence-corrected chi connectivity index (χ3v) is 7.46. The van der Waals surface area contributed by atoms with E-state index in [4.69, 9.17) is 10.5 Å². The molecule has 4 heteroatoms. The van der Waals surface area contributed by atoms with Crippen LogP contribution in [-0.4, -0.2) is 56.7 Å². The molecule has 0 aromatic rings. The van der Waals surface area contributed by atoms with Crippen LogP contribution in [0.2, 0.25) is 0 Å². The van der Waals surface area contributed by atoms with Crippen molar-refractivity contribution in [2.75, 3.05) is 46.9 Å². The molecule has 0 bridgehead atoms. The lowest BCUT2D eigenvalue weighted by Gasteiger charge is -2.34. The van der Waals surface area contributed by atoms with Crippen LogP contribution in [0, 0.1) is 17.3 Å². The number of hydrogen-bond donors (Lipinski definition) is 1. The molecule has 0 amide bonds. The number of rotatable bonds is 9. The Bertz CT molecular complexity index is 621. The first kappa shape index (κ1) is 37.9. The van der Waals surface area contributed by atoms with Gasteiger partial charge in [0.15, 0.2) is 0 Å². The number of allylic oxidation sites excluding steroid dienone is 2. The molecule has 1 saturated carbocycles. The molecule has 1 aliphatic carbocycles. The maximum absolute atomic E-state index is 5.49. The normalized spacial score (nSPS) is 24.3. The number of likely N-dealkylation sites (tertiary alicyclic amines) is 1. The van der Waals surface area contributed by atoms with Crippen molar-refractivity contribution in [1.82, 2.24) is 9.80 Å². The molecule has 2 N–H and O–H groups in total. The summed E-state index contributed by atoms with van der Waals surface area (Å²) in [6.45, 7) is 28.6. The van der Waals surface area contributed by atoms with Crippen molar-refractivity contribution in [2.24, 2.45) is 23.0 Å². The fraction of sp³-hybridized carbons (Fsp3) is 0.818. The van der Waals surface area contributed by atoms with Gasteiger partial charge in [-0.2, -0.15) is 0 Å². The Kier molecular flexibility index (Phi) is 23.2. The second-order valence-electron chi connectivity index (χ2n) is 10.7. The number of piperidine rings is 1. The van der Waals surface area contributed by atoms with E-state index in [0.717, 1.165) is 37.7 Å². The van der Waals surface area contributed by atoms with E-state index in [1.807, 2.05) is 34.6 Å². The third-order valence-electron chi connectivity index (χ3n) is 7.46. The molecule has 1 saturated heterocycles. The van der Waals surface area contributed by atoms with E-state index in [2.05, 4.69) is 63.4 Å². The first-order valence-corrected chi connectivity index (χ1v) is 15.5. The lowest BCUT2D eigenvalue weighted by atomic mass is 9.74. The lowest BCUT2D eigenvalue weighted by Crippen LogP contribution is -2.31. The Morgan fingerprint density at radius 2 is 1.62 bits per heavy atom. The largest absolute Gasteiger partial charge is 0.380 e. The van der Waals surface area contributed by atoms with Crippen LogP contribution >= 0.6 is 0 Å². The van der Waals surface area contributed by atoms with Crippen LogP contribution in [0.4, 0.5) is 0 Å². The van der Waals surface area contributed by atoms with Crippen LogP contribution in [0.1, 0.15) is 114 Å². The van der Waals surface area contributed by atoms with Crippen LogP contribution in [0.5, 0.6) is 0 Å². The van der Waals surface area contributed by atoms with Gasteiger partial charge in [-0.3, -0.25) is 0 Å². The van der Waals surface area contributed by atoms with Crippen LogP contribution in [0.15, 0.2) is 35.7 Å². The van der Waals surface area contributed by atoms with Gasteiger partial charge >= 0.3 is 0 Å². The molecule has 1 heterocycles. The van der Waals surface area contributed by atoms with E-state index in [1.54, 1.807) is 7.11 Å². The van der Waals surface area contributed by atoms with Gasteiger partial charge in [-0.25, -0.2) is 0 Å². The number of methoxy groups -OCH3 is 1. The SMILES string of the molecule is C=C(COC)/C(=C\C(=C\N(C)CC)C1CCC(C)CC(C)(CC)C1)N1CCCCC1.CC.CC.CCN. The van der Waals surface area contributed by atoms with Gasteiger partial charge in [0, 0.05) is 45.7 Å². The molecule has 2 aliphatic rings. The molecule has 3 atom stereocenters. The minimum Gasteiger partial charge on any atom is -0.380 e. The van der Waals surface area contributed by atoms with Gasteiger partial charge in [-0.1, -0.05) is 74.8 Å². The van der Waals surface area contributed by atoms with E-state index in [9.17, 15) is 0 Å². The minimum absolute atomic E-state index is 0.438. The number of nitrogens with zero attached hydrogens (tertiary/aromatic N) is 2. The van der Waals surface area contributed by atoms with Gasteiger partial charge in [0.05, 0.1) is 6.61 Å². The summed E-state index contributed by atoms with van der Waals surface area (Å²) >= 11 is 0. The highest BCUT2D eigenvalue weighted by Gasteiger charge is 2.33. The molecule has 0 aromatic carbocycles. The summed E-state index contributed by atoms with van der Waals surface area (Å²) in [5, 5.41) is 0. The highest BCUT2D eigenvalue weighted by Crippen LogP contribution is 2.45. The third kappa shape index (κ3) is 15.1. The molecule has 2 fully saturated rings. The summed E-state index contributed by atoms with van der Waals surface area (Å²) in [5.74, 6) is 1.43. The summed E-state index contributed by atoms with van der Waals surface area (Å²) in [5.41, 5.74) is 9.20. The molecular weight excluding hydrogens is 454 g/mol. The zero-order valence-electron chi connectivity index (χ0n) is 27.1. The van der Waals surface area contributed by atoms with Crippen molar-refractivity contribution < 1.29 is 4.74 Å². The number of hydrogen-bond acceptors (Lipinski definition) is 4. The molecule has 0 aromatic heterocycles. The predicted octanol–water partition coefficient (Wildman–Crippen LogP) is 8.65. The monoisotopic (exact) mass is 522 g/mol.